The lowest BCUT2D eigenvalue weighted by atomic mass is 10.2. The quantitative estimate of drug-likeness (QED) is 0.291. The van der Waals surface area contributed by atoms with E-state index in [1.54, 1.807) is 12.1 Å². The molecule has 0 aliphatic carbocycles. The highest BCUT2D eigenvalue weighted by molar-refractivity contribution is 5.84. The molecule has 0 spiro atoms. The molecule has 9 nitrogen and oxygen atoms in total. The van der Waals surface area contributed by atoms with Crippen LogP contribution in [0.1, 0.15) is 13.8 Å². The van der Waals surface area contributed by atoms with Gasteiger partial charge in [-0.15, -0.1) is 0 Å². The maximum atomic E-state index is 10.6. The van der Waals surface area contributed by atoms with Crippen molar-refractivity contribution in [3.8, 4) is 0 Å². The predicted octanol–water partition coefficient (Wildman–Crippen LogP) is 4.48. The molecule has 2 rings (SSSR count). The molecule has 0 fully saturated rings. The molecule has 0 saturated heterocycles. The Bertz CT molecular complexity index is 836. The number of hydrogen-bond acceptors (Lipinski definition) is 7. The Kier molecular flexibility index (Phi) is 9.69. The molecule has 0 aliphatic rings. The van der Waals surface area contributed by atoms with Gasteiger partial charge in [-0.05, 0) is 50.2 Å². The average molecular weight is 400 g/mol. The van der Waals surface area contributed by atoms with Gasteiger partial charge < -0.3 is 15.1 Å². The smallest absolute Gasteiger partial charge is 0.330 e. The number of carboxylic acid groups (broad SMARTS) is 1. The van der Waals surface area contributed by atoms with Gasteiger partial charge in [0.25, 0.3) is 5.69 Å². The predicted molar refractivity (Wildman–Crippen MR) is 111 cm³/mol. The minimum atomic E-state index is -0.935. The summed E-state index contributed by atoms with van der Waals surface area (Å²) in [6.07, 6.45) is 0. The van der Waals surface area contributed by atoms with Crippen molar-refractivity contribution in [3.63, 3.8) is 0 Å². The highest BCUT2D eigenvalue weighted by atomic mass is 16.6. The number of benzene rings is 2. The van der Waals surface area contributed by atoms with Crippen LogP contribution in [0.4, 0.5) is 22.7 Å². The van der Waals surface area contributed by atoms with Crippen LogP contribution < -0.4 is 4.90 Å². The maximum absolute atomic E-state index is 10.6. The fourth-order valence-corrected chi connectivity index (χ4v) is 2.08. The number of carbonyl (C=O) groups is 1. The first-order valence-corrected chi connectivity index (χ1v) is 8.79. The van der Waals surface area contributed by atoms with E-state index in [0.29, 0.717) is 17.9 Å². The molecule has 0 aromatic heterocycles. The van der Waals surface area contributed by atoms with Crippen molar-refractivity contribution in [2.24, 2.45) is 10.2 Å². The van der Waals surface area contributed by atoms with Gasteiger partial charge in [-0.3, -0.25) is 10.1 Å². The summed E-state index contributed by atoms with van der Waals surface area (Å²) in [7, 11) is 0. The zero-order valence-electron chi connectivity index (χ0n) is 16.4. The number of hydrogen-bond donors (Lipinski definition) is 2. The van der Waals surface area contributed by atoms with E-state index < -0.39 is 10.9 Å². The molecule has 0 saturated carbocycles. The number of aliphatic carboxylic acids is 1. The van der Waals surface area contributed by atoms with E-state index in [-0.39, 0.29) is 17.9 Å². The molecular weight excluding hydrogens is 376 g/mol. The largest absolute Gasteiger partial charge is 0.478 e. The third-order valence-electron chi connectivity index (χ3n) is 3.67. The van der Waals surface area contributed by atoms with E-state index in [1.807, 2.05) is 31.2 Å². The van der Waals surface area contributed by atoms with Crippen LogP contribution in [0.3, 0.4) is 0 Å². The van der Waals surface area contributed by atoms with Crippen LogP contribution in [0.5, 0.6) is 0 Å². The van der Waals surface area contributed by atoms with Gasteiger partial charge in [0.15, 0.2) is 0 Å². The Morgan fingerprint density at radius 1 is 1.10 bits per heavy atom. The summed E-state index contributed by atoms with van der Waals surface area (Å²) in [5.74, 6) is -0.935. The zero-order chi connectivity index (χ0) is 21.8. The molecule has 154 valence electrons. The molecule has 2 aromatic carbocycles. The lowest BCUT2D eigenvalue weighted by Crippen LogP contribution is -2.25. The van der Waals surface area contributed by atoms with E-state index in [1.165, 1.54) is 19.1 Å². The molecule has 29 heavy (non-hydrogen) atoms. The summed E-state index contributed by atoms with van der Waals surface area (Å²) in [4.78, 5) is 21.8. The number of aliphatic hydroxyl groups excluding tert-OH is 1. The third kappa shape index (κ3) is 8.31. The number of non-ortho nitro benzene ring substituents is 1. The lowest BCUT2D eigenvalue weighted by Gasteiger charge is -2.21. The normalized spacial score (nSPS) is 10.2. The minimum absolute atomic E-state index is 0.0249. The Morgan fingerprint density at radius 3 is 1.90 bits per heavy atom. The van der Waals surface area contributed by atoms with Crippen molar-refractivity contribution < 1.29 is 19.9 Å². The number of nitro groups is 1. The molecule has 0 bridgehead atoms. The SMILES string of the molecule is C=C(C)C(=O)O.CCN(CCO)c1ccc(/N=N/c2ccc([N+](=O)[O-])cc2)cc1. The first-order valence-electron chi connectivity index (χ1n) is 8.79. The van der Waals surface area contributed by atoms with Crippen molar-refractivity contribution in [1.29, 1.82) is 0 Å². The summed E-state index contributed by atoms with van der Waals surface area (Å²) in [5.41, 5.74) is 2.45. The summed E-state index contributed by atoms with van der Waals surface area (Å²) >= 11 is 0. The molecule has 0 aliphatic heterocycles. The van der Waals surface area contributed by atoms with Crippen molar-refractivity contribution >= 4 is 28.7 Å². The summed E-state index contributed by atoms with van der Waals surface area (Å²) in [6.45, 7) is 8.13. The number of rotatable bonds is 8. The number of carboxylic acids is 1. The molecule has 9 heteroatoms. The van der Waals surface area contributed by atoms with Crippen LogP contribution in [0.2, 0.25) is 0 Å². The van der Waals surface area contributed by atoms with Crippen LogP contribution in [-0.2, 0) is 4.79 Å². The van der Waals surface area contributed by atoms with Gasteiger partial charge in [0, 0.05) is 36.5 Å². The molecule has 2 N–H and O–H groups in total. The summed E-state index contributed by atoms with van der Waals surface area (Å²) in [6, 6.07) is 13.4. The number of nitrogens with zero attached hydrogens (tertiary/aromatic N) is 4. The molecule has 0 radical (unpaired) electrons. The van der Waals surface area contributed by atoms with Crippen molar-refractivity contribution in [3.05, 3.63) is 70.8 Å². The van der Waals surface area contributed by atoms with Gasteiger partial charge in [0.05, 0.1) is 22.9 Å². The standard InChI is InChI=1S/C16H18N4O3.C4H6O2/c1-2-19(11-12-21)15-7-3-13(4-8-15)17-18-14-5-9-16(10-6-14)20(22)23;1-3(2)4(5)6/h3-10,21H,2,11-12H2,1H3;1H2,2H3,(H,5,6)/b18-17+;. The van der Waals surface area contributed by atoms with E-state index in [9.17, 15) is 14.9 Å². The number of azo groups is 1. The second kappa shape index (κ2) is 12.0. The van der Waals surface area contributed by atoms with E-state index in [2.05, 4.69) is 21.7 Å². The Morgan fingerprint density at radius 2 is 1.55 bits per heavy atom. The second-order valence-electron chi connectivity index (χ2n) is 5.88. The Hall–Kier alpha value is -3.59. The fourth-order valence-electron chi connectivity index (χ4n) is 2.08. The van der Waals surface area contributed by atoms with Crippen LogP contribution in [-0.4, -0.2) is 40.8 Å². The van der Waals surface area contributed by atoms with Crippen molar-refractivity contribution in [1.82, 2.24) is 0 Å². The number of aliphatic hydroxyl groups is 1. The van der Waals surface area contributed by atoms with Gasteiger partial charge in [0.2, 0.25) is 0 Å². The van der Waals surface area contributed by atoms with Crippen LogP contribution in [0.25, 0.3) is 0 Å². The van der Waals surface area contributed by atoms with Crippen LogP contribution >= 0.6 is 0 Å². The first kappa shape index (κ1) is 23.4. The summed E-state index contributed by atoms with van der Waals surface area (Å²) in [5, 5.41) is 35.7. The highest BCUT2D eigenvalue weighted by Crippen LogP contribution is 2.23. The molecule has 0 atom stereocenters. The summed E-state index contributed by atoms with van der Waals surface area (Å²) < 4.78 is 0. The second-order valence-corrected chi connectivity index (χ2v) is 5.88. The van der Waals surface area contributed by atoms with Gasteiger partial charge >= 0.3 is 5.97 Å². The van der Waals surface area contributed by atoms with E-state index >= 15 is 0 Å². The van der Waals surface area contributed by atoms with Crippen molar-refractivity contribution in [2.75, 3.05) is 24.6 Å². The van der Waals surface area contributed by atoms with Crippen LogP contribution in [0, 0.1) is 10.1 Å². The highest BCUT2D eigenvalue weighted by Gasteiger charge is 2.04. The van der Waals surface area contributed by atoms with Gasteiger partial charge in [0.1, 0.15) is 0 Å². The van der Waals surface area contributed by atoms with Gasteiger partial charge in [-0.25, -0.2) is 4.79 Å². The van der Waals surface area contributed by atoms with E-state index in [4.69, 9.17) is 10.2 Å². The van der Waals surface area contributed by atoms with E-state index in [0.717, 1.165) is 12.2 Å². The molecule has 0 unspecified atom stereocenters. The lowest BCUT2D eigenvalue weighted by molar-refractivity contribution is -0.384. The van der Waals surface area contributed by atoms with Gasteiger partial charge in [-0.2, -0.15) is 10.2 Å². The Labute approximate surface area is 168 Å². The Balaban J connectivity index is 0.000000612. The molecular formula is C20H24N4O5. The third-order valence-corrected chi connectivity index (χ3v) is 3.67. The zero-order valence-corrected chi connectivity index (χ0v) is 16.4. The molecule has 0 amide bonds. The molecule has 2 aromatic rings. The first-order chi connectivity index (χ1) is 13.8. The van der Waals surface area contributed by atoms with Gasteiger partial charge in [-0.1, -0.05) is 6.58 Å². The number of nitro benzene ring substituents is 1. The van der Waals surface area contributed by atoms with Crippen molar-refractivity contribution in [2.45, 2.75) is 13.8 Å². The molecule has 0 heterocycles. The fraction of sp³-hybridized carbons (Fsp3) is 0.250. The maximum Gasteiger partial charge on any atom is 0.330 e. The monoisotopic (exact) mass is 400 g/mol. The average Bonchev–Trinajstić information content (AvgIpc) is 2.71. The topological polar surface area (TPSA) is 129 Å². The minimum Gasteiger partial charge on any atom is -0.478 e. The van der Waals surface area contributed by atoms with Crippen LogP contribution in [0.15, 0.2) is 70.9 Å². The number of likely N-dealkylation sites (N-methyl/N-ethyl adjacent to an activating group) is 1. The number of anilines is 1.